The maximum atomic E-state index is 11.8. The van der Waals surface area contributed by atoms with E-state index in [-0.39, 0.29) is 6.03 Å². The van der Waals surface area contributed by atoms with E-state index in [1.165, 1.54) is 11.8 Å². The van der Waals surface area contributed by atoms with E-state index >= 15 is 0 Å². The Morgan fingerprint density at radius 1 is 1.17 bits per heavy atom. The van der Waals surface area contributed by atoms with Crippen molar-refractivity contribution in [2.45, 2.75) is 20.8 Å². The third-order valence-corrected chi connectivity index (χ3v) is 2.59. The monoisotopic (exact) mass is 245 g/mol. The summed E-state index contributed by atoms with van der Waals surface area (Å²) in [7, 11) is 0. The average Bonchev–Trinajstić information content (AvgIpc) is 2.76. The highest BCUT2D eigenvalue weighted by atomic mass is 16.5. The van der Waals surface area contributed by atoms with Crippen molar-refractivity contribution in [3.05, 3.63) is 41.2 Å². The minimum Gasteiger partial charge on any atom is -0.363 e. The third-order valence-electron chi connectivity index (χ3n) is 2.59. The molecule has 94 valence electrons. The molecule has 0 aliphatic rings. The fraction of sp³-hybridized carbons (Fsp3) is 0.231. The standard InChI is InChI=1S/C13H15N3O2/c1-8-6-9(2)12(10(3)7-8)15-13(17)14-11-4-5-18-16-11/h4-7H,1-3H3,(H2,14,15,16,17). The zero-order chi connectivity index (χ0) is 13.1. The van der Waals surface area contributed by atoms with E-state index in [0.717, 1.165) is 16.8 Å². The first-order valence-corrected chi connectivity index (χ1v) is 5.62. The van der Waals surface area contributed by atoms with Crippen LogP contribution in [0.3, 0.4) is 0 Å². The first-order chi connectivity index (χ1) is 8.56. The summed E-state index contributed by atoms with van der Waals surface area (Å²) >= 11 is 0. The Bertz CT molecular complexity index is 539. The van der Waals surface area contributed by atoms with Crippen LogP contribution in [0.2, 0.25) is 0 Å². The number of benzene rings is 1. The van der Waals surface area contributed by atoms with Gasteiger partial charge in [0, 0.05) is 11.8 Å². The van der Waals surface area contributed by atoms with Crippen molar-refractivity contribution >= 4 is 17.5 Å². The molecule has 0 spiro atoms. The number of carbonyl (C=O) groups excluding carboxylic acids is 1. The van der Waals surface area contributed by atoms with Gasteiger partial charge in [0.1, 0.15) is 6.26 Å². The van der Waals surface area contributed by atoms with Crippen LogP contribution < -0.4 is 10.6 Å². The fourth-order valence-electron chi connectivity index (χ4n) is 1.92. The first-order valence-electron chi connectivity index (χ1n) is 5.62. The van der Waals surface area contributed by atoms with Gasteiger partial charge >= 0.3 is 6.03 Å². The Labute approximate surface area is 105 Å². The van der Waals surface area contributed by atoms with E-state index in [9.17, 15) is 4.79 Å². The van der Waals surface area contributed by atoms with E-state index in [0.29, 0.717) is 5.82 Å². The normalized spacial score (nSPS) is 10.2. The Hall–Kier alpha value is -2.30. The Morgan fingerprint density at radius 3 is 2.39 bits per heavy atom. The second kappa shape index (κ2) is 4.91. The Balaban J connectivity index is 2.12. The second-order valence-electron chi connectivity index (χ2n) is 4.24. The number of nitrogens with zero attached hydrogens (tertiary/aromatic N) is 1. The molecule has 1 aromatic carbocycles. The number of hydrogen-bond acceptors (Lipinski definition) is 3. The van der Waals surface area contributed by atoms with Gasteiger partial charge in [-0.1, -0.05) is 22.9 Å². The molecule has 0 fully saturated rings. The number of urea groups is 1. The van der Waals surface area contributed by atoms with Crippen molar-refractivity contribution in [3.63, 3.8) is 0 Å². The minimum absolute atomic E-state index is 0.334. The predicted molar refractivity (Wildman–Crippen MR) is 69.8 cm³/mol. The number of hydrogen-bond donors (Lipinski definition) is 2. The van der Waals surface area contributed by atoms with Gasteiger partial charge in [0.2, 0.25) is 0 Å². The molecular formula is C13H15N3O2. The van der Waals surface area contributed by atoms with Crippen LogP contribution in [-0.2, 0) is 0 Å². The maximum Gasteiger partial charge on any atom is 0.324 e. The van der Waals surface area contributed by atoms with Gasteiger partial charge in [-0.15, -0.1) is 0 Å². The summed E-state index contributed by atoms with van der Waals surface area (Å²) in [5.41, 5.74) is 4.06. The van der Waals surface area contributed by atoms with Crippen molar-refractivity contribution in [1.29, 1.82) is 0 Å². The van der Waals surface area contributed by atoms with E-state index in [1.807, 2.05) is 32.9 Å². The smallest absolute Gasteiger partial charge is 0.324 e. The molecule has 1 heterocycles. The van der Waals surface area contributed by atoms with Crippen LogP contribution in [0.25, 0.3) is 0 Å². The van der Waals surface area contributed by atoms with E-state index in [4.69, 9.17) is 0 Å². The molecule has 2 amide bonds. The topological polar surface area (TPSA) is 67.2 Å². The van der Waals surface area contributed by atoms with Crippen molar-refractivity contribution in [3.8, 4) is 0 Å². The van der Waals surface area contributed by atoms with Gasteiger partial charge in [-0.25, -0.2) is 4.79 Å². The minimum atomic E-state index is -0.334. The van der Waals surface area contributed by atoms with Crippen LogP contribution >= 0.6 is 0 Å². The van der Waals surface area contributed by atoms with Gasteiger partial charge in [-0.2, -0.15) is 0 Å². The molecule has 0 saturated carbocycles. The highest BCUT2D eigenvalue weighted by molar-refractivity contribution is 6.00. The zero-order valence-electron chi connectivity index (χ0n) is 10.6. The van der Waals surface area contributed by atoms with Crippen LogP contribution in [-0.4, -0.2) is 11.2 Å². The number of aryl methyl sites for hydroxylation is 3. The van der Waals surface area contributed by atoms with Crippen LogP contribution in [0.1, 0.15) is 16.7 Å². The lowest BCUT2D eigenvalue weighted by atomic mass is 10.1. The highest BCUT2D eigenvalue weighted by Crippen LogP contribution is 2.22. The van der Waals surface area contributed by atoms with Crippen molar-refractivity contribution in [1.82, 2.24) is 5.16 Å². The molecule has 1 aromatic heterocycles. The van der Waals surface area contributed by atoms with Crippen molar-refractivity contribution in [2.75, 3.05) is 10.6 Å². The Kier molecular flexibility index (Phi) is 3.32. The summed E-state index contributed by atoms with van der Waals surface area (Å²) < 4.78 is 4.64. The van der Waals surface area contributed by atoms with Gasteiger partial charge in [-0.05, 0) is 31.9 Å². The highest BCUT2D eigenvalue weighted by Gasteiger charge is 2.09. The first kappa shape index (κ1) is 12.2. The summed E-state index contributed by atoms with van der Waals surface area (Å²) in [6.45, 7) is 5.96. The molecule has 2 aromatic rings. The van der Waals surface area contributed by atoms with Gasteiger partial charge in [0.05, 0.1) is 0 Å². The van der Waals surface area contributed by atoms with Crippen LogP contribution in [0, 0.1) is 20.8 Å². The molecule has 0 bridgehead atoms. The average molecular weight is 245 g/mol. The van der Waals surface area contributed by atoms with Crippen LogP contribution in [0.15, 0.2) is 29.0 Å². The van der Waals surface area contributed by atoms with Gasteiger partial charge in [-0.3, -0.25) is 5.32 Å². The quantitative estimate of drug-likeness (QED) is 0.853. The van der Waals surface area contributed by atoms with E-state index < -0.39 is 0 Å². The molecule has 2 N–H and O–H groups in total. The third kappa shape index (κ3) is 2.68. The summed E-state index contributed by atoms with van der Waals surface area (Å²) in [5.74, 6) is 0.384. The van der Waals surface area contributed by atoms with E-state index in [1.54, 1.807) is 6.07 Å². The van der Waals surface area contributed by atoms with Gasteiger partial charge < -0.3 is 9.84 Å². The lowest BCUT2D eigenvalue weighted by molar-refractivity contribution is 0.262. The zero-order valence-corrected chi connectivity index (χ0v) is 10.6. The maximum absolute atomic E-state index is 11.8. The lowest BCUT2D eigenvalue weighted by Crippen LogP contribution is -2.20. The molecule has 0 aliphatic heterocycles. The summed E-state index contributed by atoms with van der Waals surface area (Å²) in [5, 5.41) is 9.01. The Morgan fingerprint density at radius 2 is 1.83 bits per heavy atom. The summed E-state index contributed by atoms with van der Waals surface area (Å²) in [6, 6.07) is 5.30. The number of carbonyl (C=O) groups is 1. The van der Waals surface area contributed by atoms with E-state index in [2.05, 4.69) is 20.3 Å². The molecule has 0 atom stereocenters. The molecule has 2 rings (SSSR count). The molecule has 5 nitrogen and oxygen atoms in total. The molecule has 0 saturated heterocycles. The van der Waals surface area contributed by atoms with Crippen molar-refractivity contribution in [2.24, 2.45) is 0 Å². The number of rotatable bonds is 2. The number of aromatic nitrogens is 1. The predicted octanol–water partition coefficient (Wildman–Crippen LogP) is 3.24. The van der Waals surface area contributed by atoms with Gasteiger partial charge in [0.15, 0.2) is 5.82 Å². The summed E-state index contributed by atoms with van der Waals surface area (Å²) in [6.07, 6.45) is 1.40. The number of nitrogens with one attached hydrogen (secondary N) is 2. The van der Waals surface area contributed by atoms with Crippen molar-refractivity contribution < 1.29 is 9.32 Å². The van der Waals surface area contributed by atoms with Crippen LogP contribution in [0.4, 0.5) is 16.3 Å². The van der Waals surface area contributed by atoms with Crippen LogP contribution in [0.5, 0.6) is 0 Å². The molecular weight excluding hydrogens is 230 g/mol. The largest absolute Gasteiger partial charge is 0.363 e. The number of anilines is 2. The molecule has 0 radical (unpaired) electrons. The molecule has 18 heavy (non-hydrogen) atoms. The number of amides is 2. The molecule has 0 aliphatic carbocycles. The fourth-order valence-corrected chi connectivity index (χ4v) is 1.92. The SMILES string of the molecule is Cc1cc(C)c(NC(=O)Nc2ccon2)c(C)c1. The second-order valence-corrected chi connectivity index (χ2v) is 4.24. The molecule has 5 heteroatoms. The van der Waals surface area contributed by atoms with Gasteiger partial charge in [0.25, 0.3) is 0 Å². The summed E-state index contributed by atoms with van der Waals surface area (Å²) in [4.78, 5) is 11.8. The molecule has 0 unspecified atom stereocenters. The lowest BCUT2D eigenvalue weighted by Gasteiger charge is -2.12.